The summed E-state index contributed by atoms with van der Waals surface area (Å²) in [5.41, 5.74) is 2.49. The summed E-state index contributed by atoms with van der Waals surface area (Å²) >= 11 is 7.22. The second kappa shape index (κ2) is 7.51. The van der Waals surface area contributed by atoms with Crippen molar-refractivity contribution in [3.05, 3.63) is 70.3 Å². The third-order valence-corrected chi connectivity index (χ3v) is 6.73. The van der Waals surface area contributed by atoms with Gasteiger partial charge >= 0.3 is 0 Å². The van der Waals surface area contributed by atoms with E-state index in [9.17, 15) is 13.2 Å². The van der Waals surface area contributed by atoms with Crippen molar-refractivity contribution in [2.45, 2.75) is 11.8 Å². The number of nitrogens with one attached hydrogen (secondary N) is 3. The summed E-state index contributed by atoms with van der Waals surface area (Å²) < 4.78 is 27.2. The summed E-state index contributed by atoms with van der Waals surface area (Å²) in [4.78, 5) is 19.7. The molecule has 0 radical (unpaired) electrons. The Morgan fingerprint density at radius 2 is 1.93 bits per heavy atom. The summed E-state index contributed by atoms with van der Waals surface area (Å²) in [6.07, 6.45) is 1.51. The smallest absolute Gasteiger partial charge is 0.272 e. The van der Waals surface area contributed by atoms with Crippen LogP contribution >= 0.6 is 22.9 Å². The highest BCUT2D eigenvalue weighted by atomic mass is 35.5. The molecular formula is C19H15ClN4O3S2. The van der Waals surface area contributed by atoms with Crippen LogP contribution in [0.4, 0.5) is 10.8 Å². The van der Waals surface area contributed by atoms with E-state index in [-0.39, 0.29) is 15.9 Å². The first-order valence-corrected chi connectivity index (χ1v) is 11.2. The van der Waals surface area contributed by atoms with Gasteiger partial charge in [-0.2, -0.15) is 0 Å². The van der Waals surface area contributed by atoms with Gasteiger partial charge in [-0.05, 0) is 55.0 Å². The van der Waals surface area contributed by atoms with Gasteiger partial charge in [0, 0.05) is 33.2 Å². The molecule has 4 rings (SSSR count). The zero-order valence-electron chi connectivity index (χ0n) is 15.1. The minimum absolute atomic E-state index is 0.0714. The fourth-order valence-electron chi connectivity index (χ4n) is 2.88. The Morgan fingerprint density at radius 3 is 2.62 bits per heavy atom. The Morgan fingerprint density at radius 1 is 1.17 bits per heavy atom. The maximum Gasteiger partial charge on any atom is 0.272 e. The van der Waals surface area contributed by atoms with Crippen molar-refractivity contribution in [3.8, 4) is 0 Å². The lowest BCUT2D eigenvalue weighted by atomic mass is 10.1. The van der Waals surface area contributed by atoms with Gasteiger partial charge in [0.25, 0.3) is 15.9 Å². The molecule has 0 aliphatic carbocycles. The fraction of sp³-hybridized carbons (Fsp3) is 0.0526. The van der Waals surface area contributed by atoms with Crippen molar-refractivity contribution in [1.82, 2.24) is 9.97 Å². The first kappa shape index (κ1) is 19.4. The van der Waals surface area contributed by atoms with E-state index < -0.39 is 10.0 Å². The number of nitrogens with zero attached hydrogens (tertiary/aromatic N) is 1. The molecule has 0 aliphatic heterocycles. The Kier molecular flexibility index (Phi) is 5.03. The summed E-state index contributed by atoms with van der Waals surface area (Å²) in [5.74, 6) is -0.327. The monoisotopic (exact) mass is 446 g/mol. The van der Waals surface area contributed by atoms with Gasteiger partial charge in [0.15, 0.2) is 5.13 Å². The summed E-state index contributed by atoms with van der Waals surface area (Å²) in [6, 6.07) is 11.3. The van der Waals surface area contributed by atoms with Crippen LogP contribution in [0, 0.1) is 6.92 Å². The lowest BCUT2D eigenvalue weighted by molar-refractivity contribution is 0.102. The van der Waals surface area contributed by atoms with Crippen LogP contribution in [0.15, 0.2) is 58.9 Å². The molecule has 1 amide bonds. The molecule has 0 spiro atoms. The largest absolute Gasteiger partial charge is 0.350 e. The van der Waals surface area contributed by atoms with Crippen LogP contribution in [0.2, 0.25) is 5.02 Å². The van der Waals surface area contributed by atoms with E-state index in [1.165, 1.54) is 41.8 Å². The molecule has 0 bridgehead atoms. The minimum atomic E-state index is -3.74. The molecular weight excluding hydrogens is 432 g/mol. The zero-order valence-corrected chi connectivity index (χ0v) is 17.5. The van der Waals surface area contributed by atoms with Gasteiger partial charge in [-0.25, -0.2) is 13.4 Å². The van der Waals surface area contributed by atoms with Crippen molar-refractivity contribution in [1.29, 1.82) is 0 Å². The average Bonchev–Trinajstić information content (AvgIpc) is 3.30. The second-order valence-electron chi connectivity index (χ2n) is 6.24. The number of halogens is 1. The van der Waals surface area contributed by atoms with E-state index >= 15 is 0 Å². The lowest BCUT2D eigenvalue weighted by Crippen LogP contribution is -2.15. The first-order valence-electron chi connectivity index (χ1n) is 8.45. The van der Waals surface area contributed by atoms with Gasteiger partial charge in [-0.3, -0.25) is 9.52 Å². The topological polar surface area (TPSA) is 104 Å². The molecule has 0 saturated heterocycles. The van der Waals surface area contributed by atoms with Crippen molar-refractivity contribution in [2.75, 3.05) is 10.0 Å². The molecule has 4 aromatic rings. The van der Waals surface area contributed by atoms with Gasteiger partial charge in [0.05, 0.1) is 4.90 Å². The van der Waals surface area contributed by atoms with Crippen molar-refractivity contribution in [3.63, 3.8) is 0 Å². The van der Waals surface area contributed by atoms with E-state index in [1.54, 1.807) is 17.5 Å². The normalized spacial score (nSPS) is 11.5. The highest BCUT2D eigenvalue weighted by molar-refractivity contribution is 7.93. The number of aromatic amines is 1. The summed E-state index contributed by atoms with van der Waals surface area (Å²) in [6.45, 7) is 1.84. The van der Waals surface area contributed by atoms with Gasteiger partial charge < -0.3 is 10.3 Å². The molecule has 7 nitrogen and oxygen atoms in total. The minimum Gasteiger partial charge on any atom is -0.350 e. The summed E-state index contributed by atoms with van der Waals surface area (Å²) in [7, 11) is -3.74. The molecule has 10 heteroatoms. The molecule has 3 N–H and O–H groups in total. The van der Waals surface area contributed by atoms with Crippen LogP contribution in [0.1, 0.15) is 16.1 Å². The van der Waals surface area contributed by atoms with Crippen LogP contribution in [-0.4, -0.2) is 24.3 Å². The predicted molar refractivity (Wildman–Crippen MR) is 115 cm³/mol. The number of aryl methyl sites for hydroxylation is 1. The maximum absolute atomic E-state index is 12.7. The number of H-pyrrole nitrogens is 1. The number of anilines is 2. The number of thiazole rings is 1. The maximum atomic E-state index is 12.7. The number of carbonyl (C=O) groups is 1. The molecule has 0 unspecified atom stereocenters. The number of rotatable bonds is 5. The molecule has 0 atom stereocenters. The van der Waals surface area contributed by atoms with E-state index in [2.05, 4.69) is 20.0 Å². The molecule has 148 valence electrons. The number of aromatic nitrogens is 2. The van der Waals surface area contributed by atoms with E-state index in [4.69, 9.17) is 11.6 Å². The number of hydrogen-bond donors (Lipinski definition) is 3. The molecule has 29 heavy (non-hydrogen) atoms. The zero-order chi connectivity index (χ0) is 20.6. The highest BCUT2D eigenvalue weighted by Gasteiger charge is 2.17. The predicted octanol–water partition coefficient (Wildman–Crippen LogP) is 4.64. The molecule has 2 aromatic carbocycles. The van der Waals surface area contributed by atoms with Crippen LogP contribution < -0.4 is 10.0 Å². The summed E-state index contributed by atoms with van der Waals surface area (Å²) in [5, 5.41) is 6.20. The van der Waals surface area contributed by atoms with Crippen LogP contribution in [-0.2, 0) is 10.0 Å². The van der Waals surface area contributed by atoms with Crippen molar-refractivity contribution in [2.24, 2.45) is 0 Å². The molecule has 0 fully saturated rings. The number of benzene rings is 2. The van der Waals surface area contributed by atoms with E-state index in [0.717, 1.165) is 16.5 Å². The lowest BCUT2D eigenvalue weighted by Gasteiger charge is -2.08. The Labute approximate surface area is 175 Å². The average molecular weight is 447 g/mol. The van der Waals surface area contributed by atoms with Crippen molar-refractivity contribution < 1.29 is 13.2 Å². The van der Waals surface area contributed by atoms with Crippen LogP contribution in [0.25, 0.3) is 10.9 Å². The van der Waals surface area contributed by atoms with Gasteiger partial charge in [-0.1, -0.05) is 11.6 Å². The van der Waals surface area contributed by atoms with Gasteiger partial charge in [0.2, 0.25) is 0 Å². The molecule has 0 saturated carbocycles. The third-order valence-electron chi connectivity index (χ3n) is 4.32. The van der Waals surface area contributed by atoms with E-state index in [1.807, 2.05) is 13.0 Å². The first-order chi connectivity index (χ1) is 13.8. The van der Waals surface area contributed by atoms with Crippen LogP contribution in [0.5, 0.6) is 0 Å². The number of carbonyl (C=O) groups excluding carboxylic acids is 1. The quantitative estimate of drug-likeness (QED) is 0.415. The number of fused-ring (bicyclic) bond motifs is 1. The Balaban J connectivity index is 1.53. The van der Waals surface area contributed by atoms with Gasteiger partial charge in [-0.15, -0.1) is 11.3 Å². The Hall–Kier alpha value is -2.88. The highest BCUT2D eigenvalue weighted by Crippen LogP contribution is 2.26. The fourth-order valence-corrected chi connectivity index (χ4v) is 4.85. The molecule has 2 aromatic heterocycles. The number of hydrogen-bond acceptors (Lipinski definition) is 5. The number of sulfonamides is 1. The molecule has 0 aliphatic rings. The van der Waals surface area contributed by atoms with Gasteiger partial charge in [0.1, 0.15) is 5.69 Å². The SMILES string of the molecule is Cc1c(C(=O)Nc2ccc(S(=O)(=O)Nc3nccs3)cc2)[nH]c2ccc(Cl)cc12. The van der Waals surface area contributed by atoms with Crippen molar-refractivity contribution >= 4 is 60.6 Å². The number of amides is 1. The second-order valence-corrected chi connectivity index (χ2v) is 9.25. The standard InChI is InChI=1S/C19H15ClN4O3S2/c1-11-15-10-12(20)2-7-16(15)23-17(11)18(25)22-13-3-5-14(6-4-13)29(26,27)24-19-21-8-9-28-19/h2-10,23H,1H3,(H,21,24)(H,22,25). The Bertz CT molecular complexity index is 1300. The molecule has 2 heterocycles. The van der Waals surface area contributed by atoms with Crippen LogP contribution in [0.3, 0.4) is 0 Å². The van der Waals surface area contributed by atoms with E-state index in [0.29, 0.717) is 16.4 Å². The third kappa shape index (κ3) is 3.98.